The van der Waals surface area contributed by atoms with Crippen LogP contribution in [0.4, 0.5) is 0 Å². The summed E-state index contributed by atoms with van der Waals surface area (Å²) >= 11 is 0. The van der Waals surface area contributed by atoms with Gasteiger partial charge in [0.15, 0.2) is 0 Å². The minimum Gasteiger partial charge on any atom is -0.267 e. The Morgan fingerprint density at radius 1 is 1.32 bits per heavy atom. The van der Waals surface area contributed by atoms with Crippen LogP contribution in [0.25, 0.3) is 0 Å². The fourth-order valence-corrected chi connectivity index (χ4v) is 2.41. The number of hydrogen-bond acceptors (Lipinski definition) is 2. The Kier molecular flexibility index (Phi) is 4.72. The Morgan fingerprint density at radius 3 is 2.68 bits per heavy atom. The number of carbonyl (C=O) groups is 1. The zero-order chi connectivity index (χ0) is 13.7. The first-order valence-corrected chi connectivity index (χ1v) is 7.16. The van der Waals surface area contributed by atoms with Crippen molar-refractivity contribution in [2.24, 2.45) is 11.0 Å². The summed E-state index contributed by atoms with van der Waals surface area (Å²) in [4.78, 5) is 12.0. The van der Waals surface area contributed by atoms with Crippen molar-refractivity contribution >= 4 is 11.6 Å². The van der Waals surface area contributed by atoms with E-state index in [-0.39, 0.29) is 5.91 Å². The summed E-state index contributed by atoms with van der Waals surface area (Å²) in [5.74, 6) is 0.379. The molecule has 1 saturated carbocycles. The lowest BCUT2D eigenvalue weighted by Gasteiger charge is -2.19. The number of amides is 1. The number of benzene rings is 1. The molecular formula is C16H22N2O. The number of nitrogens with one attached hydrogen (secondary N) is 1. The molecule has 0 saturated heterocycles. The molecule has 1 amide bonds. The topological polar surface area (TPSA) is 41.5 Å². The molecule has 0 bridgehead atoms. The molecule has 0 radical (unpaired) electrons. The number of hydrogen-bond donors (Lipinski definition) is 1. The van der Waals surface area contributed by atoms with Gasteiger partial charge in [-0.2, -0.15) is 5.10 Å². The van der Waals surface area contributed by atoms with Crippen molar-refractivity contribution in [3.63, 3.8) is 0 Å². The van der Waals surface area contributed by atoms with E-state index in [1.165, 1.54) is 24.8 Å². The van der Waals surface area contributed by atoms with Gasteiger partial charge in [-0.1, -0.05) is 32.4 Å². The van der Waals surface area contributed by atoms with Gasteiger partial charge in [0.05, 0.1) is 0 Å². The normalized spacial score (nSPS) is 21.4. The molecule has 1 aliphatic rings. The SMILES string of the molecule is CCc1ccc(C(=O)N/N=C2/CCCC[C@H]2C)cc1. The number of hydrazone groups is 1. The summed E-state index contributed by atoms with van der Waals surface area (Å²) in [5.41, 5.74) is 5.73. The number of carbonyl (C=O) groups excluding carboxylic acids is 1. The second-order valence-corrected chi connectivity index (χ2v) is 5.24. The highest BCUT2D eigenvalue weighted by atomic mass is 16.2. The van der Waals surface area contributed by atoms with Crippen LogP contribution in [0.2, 0.25) is 0 Å². The van der Waals surface area contributed by atoms with Gasteiger partial charge < -0.3 is 0 Å². The van der Waals surface area contributed by atoms with Gasteiger partial charge in [0.2, 0.25) is 0 Å². The molecule has 0 unspecified atom stereocenters. The third-order valence-electron chi connectivity index (χ3n) is 3.81. The van der Waals surface area contributed by atoms with Crippen LogP contribution < -0.4 is 5.43 Å². The lowest BCUT2D eigenvalue weighted by molar-refractivity contribution is 0.0954. The predicted octanol–water partition coefficient (Wildman–Crippen LogP) is 3.54. The molecule has 3 heteroatoms. The standard InChI is InChI=1S/C16H22N2O/c1-3-13-8-10-14(11-9-13)16(19)18-17-15-7-5-4-6-12(15)2/h8-12H,3-7H2,1-2H3,(H,18,19)/b17-15-/t12-/m1/s1. The van der Waals surface area contributed by atoms with Crippen molar-refractivity contribution in [2.75, 3.05) is 0 Å². The molecular weight excluding hydrogens is 236 g/mol. The molecule has 0 spiro atoms. The first-order valence-electron chi connectivity index (χ1n) is 7.16. The lowest BCUT2D eigenvalue weighted by Crippen LogP contribution is -2.24. The van der Waals surface area contributed by atoms with Crippen LogP contribution in [-0.2, 0) is 6.42 Å². The van der Waals surface area contributed by atoms with E-state index >= 15 is 0 Å². The predicted molar refractivity (Wildman–Crippen MR) is 78.4 cm³/mol. The number of aryl methyl sites for hydroxylation is 1. The van der Waals surface area contributed by atoms with E-state index in [0.29, 0.717) is 11.5 Å². The fraction of sp³-hybridized carbons (Fsp3) is 0.500. The molecule has 2 rings (SSSR count). The van der Waals surface area contributed by atoms with E-state index in [4.69, 9.17) is 0 Å². The van der Waals surface area contributed by atoms with E-state index in [0.717, 1.165) is 18.6 Å². The van der Waals surface area contributed by atoms with Crippen LogP contribution in [-0.4, -0.2) is 11.6 Å². The molecule has 3 nitrogen and oxygen atoms in total. The third-order valence-corrected chi connectivity index (χ3v) is 3.81. The van der Waals surface area contributed by atoms with Crippen LogP contribution in [0.5, 0.6) is 0 Å². The lowest BCUT2D eigenvalue weighted by atomic mass is 9.89. The van der Waals surface area contributed by atoms with Gasteiger partial charge in [-0.15, -0.1) is 0 Å². The van der Waals surface area contributed by atoms with E-state index in [9.17, 15) is 4.79 Å². The quantitative estimate of drug-likeness (QED) is 0.828. The van der Waals surface area contributed by atoms with Crippen molar-refractivity contribution < 1.29 is 4.79 Å². The first-order chi connectivity index (χ1) is 9.20. The van der Waals surface area contributed by atoms with Crippen molar-refractivity contribution in [3.05, 3.63) is 35.4 Å². The highest BCUT2D eigenvalue weighted by Crippen LogP contribution is 2.20. The van der Waals surface area contributed by atoms with E-state index in [1.54, 1.807) is 0 Å². The first kappa shape index (κ1) is 13.8. The summed E-state index contributed by atoms with van der Waals surface area (Å²) in [5, 5.41) is 4.30. The van der Waals surface area contributed by atoms with Gasteiger partial charge in [0.1, 0.15) is 0 Å². The Hall–Kier alpha value is -1.64. The average molecular weight is 258 g/mol. The highest BCUT2D eigenvalue weighted by Gasteiger charge is 2.16. The molecule has 0 heterocycles. The zero-order valence-electron chi connectivity index (χ0n) is 11.8. The molecule has 0 aliphatic heterocycles. The van der Waals surface area contributed by atoms with Crippen molar-refractivity contribution in [3.8, 4) is 0 Å². The average Bonchev–Trinajstić information content (AvgIpc) is 2.46. The fourth-order valence-electron chi connectivity index (χ4n) is 2.41. The monoisotopic (exact) mass is 258 g/mol. The molecule has 19 heavy (non-hydrogen) atoms. The number of rotatable bonds is 3. The minimum absolute atomic E-state index is 0.118. The number of nitrogens with zero attached hydrogens (tertiary/aromatic N) is 1. The molecule has 1 aromatic carbocycles. The Labute approximate surface area is 115 Å². The van der Waals surface area contributed by atoms with Crippen molar-refractivity contribution in [2.45, 2.75) is 46.0 Å². The summed E-state index contributed by atoms with van der Waals surface area (Å²) in [6.45, 7) is 4.28. The molecule has 1 N–H and O–H groups in total. The summed E-state index contributed by atoms with van der Waals surface area (Å²) in [6, 6.07) is 7.70. The largest absolute Gasteiger partial charge is 0.271 e. The van der Waals surface area contributed by atoms with Gasteiger partial charge >= 0.3 is 0 Å². The molecule has 1 atom stereocenters. The van der Waals surface area contributed by atoms with Gasteiger partial charge in [-0.05, 0) is 49.3 Å². The van der Waals surface area contributed by atoms with Crippen LogP contribution in [0.1, 0.15) is 55.5 Å². The Morgan fingerprint density at radius 2 is 2.05 bits per heavy atom. The van der Waals surface area contributed by atoms with Crippen LogP contribution in [0.15, 0.2) is 29.4 Å². The van der Waals surface area contributed by atoms with Gasteiger partial charge in [-0.25, -0.2) is 5.43 Å². The summed E-state index contributed by atoms with van der Waals surface area (Å²) < 4.78 is 0. The Balaban J connectivity index is 1.98. The van der Waals surface area contributed by atoms with Gasteiger partial charge in [-0.3, -0.25) is 4.79 Å². The second-order valence-electron chi connectivity index (χ2n) is 5.24. The minimum atomic E-state index is -0.118. The van der Waals surface area contributed by atoms with Crippen LogP contribution in [0.3, 0.4) is 0 Å². The second kappa shape index (κ2) is 6.50. The molecule has 1 aliphatic carbocycles. The van der Waals surface area contributed by atoms with Crippen molar-refractivity contribution in [1.82, 2.24) is 5.43 Å². The van der Waals surface area contributed by atoms with E-state index < -0.39 is 0 Å². The maximum Gasteiger partial charge on any atom is 0.271 e. The summed E-state index contributed by atoms with van der Waals surface area (Å²) in [6.07, 6.45) is 5.63. The maximum absolute atomic E-state index is 12.0. The van der Waals surface area contributed by atoms with E-state index in [2.05, 4.69) is 24.4 Å². The third kappa shape index (κ3) is 3.66. The van der Waals surface area contributed by atoms with Crippen molar-refractivity contribution in [1.29, 1.82) is 0 Å². The van der Waals surface area contributed by atoms with Gasteiger partial charge in [0, 0.05) is 11.3 Å². The molecule has 1 aromatic rings. The van der Waals surface area contributed by atoms with E-state index in [1.807, 2.05) is 24.3 Å². The maximum atomic E-state index is 12.0. The zero-order valence-corrected chi connectivity index (χ0v) is 11.8. The summed E-state index contributed by atoms with van der Waals surface area (Å²) in [7, 11) is 0. The van der Waals surface area contributed by atoms with Gasteiger partial charge in [0.25, 0.3) is 5.91 Å². The highest BCUT2D eigenvalue weighted by molar-refractivity contribution is 5.95. The van der Waals surface area contributed by atoms with Crippen LogP contribution in [0, 0.1) is 5.92 Å². The molecule has 0 aromatic heterocycles. The molecule has 102 valence electrons. The molecule has 1 fully saturated rings. The van der Waals surface area contributed by atoms with Crippen LogP contribution >= 0.6 is 0 Å². The smallest absolute Gasteiger partial charge is 0.267 e. The Bertz CT molecular complexity index is 462.